The fourth-order valence-corrected chi connectivity index (χ4v) is 5.75. The van der Waals surface area contributed by atoms with Gasteiger partial charge in [0.05, 0.1) is 0 Å². The number of rotatable bonds is 3. The first-order chi connectivity index (χ1) is 10.1. The van der Waals surface area contributed by atoms with Crippen molar-refractivity contribution in [1.29, 1.82) is 0 Å². The van der Waals surface area contributed by atoms with Crippen molar-refractivity contribution in [2.75, 3.05) is 19.8 Å². The predicted molar refractivity (Wildman–Crippen MR) is 76.1 cm³/mol. The van der Waals surface area contributed by atoms with Crippen molar-refractivity contribution < 1.29 is 14.3 Å². The lowest BCUT2D eigenvalue weighted by Crippen LogP contribution is -2.60. The molecule has 0 aromatic rings. The van der Waals surface area contributed by atoms with Crippen LogP contribution in [-0.4, -0.2) is 42.5 Å². The molecular weight excluding hydrogens is 268 g/mol. The Bertz CT molecular complexity index is 425. The summed E-state index contributed by atoms with van der Waals surface area (Å²) in [4.78, 5) is 25.1. The Labute approximate surface area is 125 Å². The van der Waals surface area contributed by atoms with Crippen LogP contribution in [0.5, 0.6) is 0 Å². The van der Waals surface area contributed by atoms with Crippen molar-refractivity contribution in [3.05, 3.63) is 0 Å². The SMILES string of the molecule is NC(CN1C(=O)COCC1=O)C12CC3CC(CC(C3)C1)C2. The number of amides is 2. The van der Waals surface area contributed by atoms with Crippen LogP contribution in [0.2, 0.25) is 0 Å². The Hall–Kier alpha value is -0.940. The van der Waals surface area contributed by atoms with Crippen LogP contribution in [0.4, 0.5) is 0 Å². The summed E-state index contributed by atoms with van der Waals surface area (Å²) in [5.74, 6) is 2.04. The van der Waals surface area contributed by atoms with Gasteiger partial charge in [0, 0.05) is 12.6 Å². The van der Waals surface area contributed by atoms with E-state index in [1.54, 1.807) is 0 Å². The lowest BCUT2D eigenvalue weighted by atomic mass is 9.48. The van der Waals surface area contributed by atoms with Crippen molar-refractivity contribution in [2.24, 2.45) is 28.9 Å². The van der Waals surface area contributed by atoms with Crippen LogP contribution in [0, 0.1) is 23.2 Å². The summed E-state index contributed by atoms with van der Waals surface area (Å²) in [5.41, 5.74) is 6.72. The first-order valence-corrected chi connectivity index (χ1v) is 8.22. The van der Waals surface area contributed by atoms with Crippen LogP contribution in [0.25, 0.3) is 0 Å². The predicted octanol–water partition coefficient (Wildman–Crippen LogP) is 0.915. The normalized spacial score (nSPS) is 43.5. The molecule has 1 atom stereocenters. The summed E-state index contributed by atoms with van der Waals surface area (Å²) in [6.45, 7) is 0.409. The van der Waals surface area contributed by atoms with E-state index in [0.717, 1.165) is 17.8 Å². The first kappa shape index (κ1) is 13.7. The molecule has 0 radical (unpaired) electrons. The fraction of sp³-hybridized carbons (Fsp3) is 0.875. The maximum absolute atomic E-state index is 11.9. The monoisotopic (exact) mass is 292 g/mol. The Morgan fingerprint density at radius 2 is 1.52 bits per heavy atom. The number of morpholine rings is 1. The van der Waals surface area contributed by atoms with Crippen LogP contribution < -0.4 is 5.73 Å². The van der Waals surface area contributed by atoms with E-state index in [4.69, 9.17) is 10.5 Å². The number of nitrogens with two attached hydrogens (primary N) is 1. The average Bonchev–Trinajstić information content (AvgIpc) is 2.41. The maximum atomic E-state index is 11.9. The fourth-order valence-electron chi connectivity index (χ4n) is 5.75. The van der Waals surface area contributed by atoms with Gasteiger partial charge in [-0.25, -0.2) is 0 Å². The highest BCUT2D eigenvalue weighted by Crippen LogP contribution is 2.61. The molecule has 0 spiro atoms. The molecule has 1 heterocycles. The van der Waals surface area contributed by atoms with Crippen LogP contribution in [0.3, 0.4) is 0 Å². The molecule has 5 heteroatoms. The van der Waals surface area contributed by atoms with Gasteiger partial charge in [0.1, 0.15) is 13.2 Å². The highest BCUT2D eigenvalue weighted by atomic mass is 16.5. The van der Waals surface area contributed by atoms with Gasteiger partial charge in [-0.3, -0.25) is 14.5 Å². The smallest absolute Gasteiger partial charge is 0.255 e. The summed E-state index contributed by atoms with van der Waals surface area (Å²) in [7, 11) is 0. The number of carbonyl (C=O) groups is 2. The Morgan fingerprint density at radius 3 is 2.00 bits per heavy atom. The minimum absolute atomic E-state index is 0.0132. The first-order valence-electron chi connectivity index (χ1n) is 8.22. The second-order valence-electron chi connectivity index (χ2n) is 7.78. The number of ether oxygens (including phenoxy) is 1. The molecule has 2 amide bonds. The summed E-state index contributed by atoms with van der Waals surface area (Å²) in [6.07, 6.45) is 7.73. The van der Waals surface area contributed by atoms with Crippen LogP contribution in [-0.2, 0) is 14.3 Å². The van der Waals surface area contributed by atoms with Gasteiger partial charge in [0.2, 0.25) is 0 Å². The third-order valence-electron chi connectivity index (χ3n) is 6.30. The average molecular weight is 292 g/mol. The number of carbonyl (C=O) groups excluding carboxylic acids is 2. The Kier molecular flexibility index (Phi) is 3.12. The zero-order chi connectivity index (χ0) is 14.6. The number of nitrogens with zero attached hydrogens (tertiary/aromatic N) is 1. The van der Waals surface area contributed by atoms with Crippen molar-refractivity contribution in [2.45, 2.75) is 44.6 Å². The number of hydrogen-bond acceptors (Lipinski definition) is 4. The molecule has 4 bridgehead atoms. The minimum atomic E-state index is -0.230. The molecule has 1 unspecified atom stereocenters. The molecule has 5 aliphatic rings. The second kappa shape index (κ2) is 4.78. The summed E-state index contributed by atoms with van der Waals surface area (Å²) in [5, 5.41) is 0. The molecule has 5 fully saturated rings. The standard InChI is InChI=1S/C16H24N2O3/c17-13(7-18-14(19)8-21-9-15(18)20)16-4-10-1-11(5-16)3-12(2-10)6-16/h10-13H,1-9,17H2. The third-order valence-corrected chi connectivity index (χ3v) is 6.30. The van der Waals surface area contributed by atoms with Crippen molar-refractivity contribution in [3.63, 3.8) is 0 Å². The van der Waals surface area contributed by atoms with Gasteiger partial charge in [0.25, 0.3) is 11.8 Å². The van der Waals surface area contributed by atoms with Gasteiger partial charge in [0.15, 0.2) is 0 Å². The molecule has 5 nitrogen and oxygen atoms in total. The molecule has 116 valence electrons. The summed E-state index contributed by atoms with van der Waals surface area (Å²) >= 11 is 0. The van der Waals surface area contributed by atoms with Crippen LogP contribution in [0.1, 0.15) is 38.5 Å². The molecule has 4 aliphatic carbocycles. The number of imide groups is 1. The minimum Gasteiger partial charge on any atom is -0.362 e. The molecule has 0 aromatic carbocycles. The van der Waals surface area contributed by atoms with Crippen molar-refractivity contribution in [3.8, 4) is 0 Å². The van der Waals surface area contributed by atoms with Gasteiger partial charge < -0.3 is 10.5 Å². The van der Waals surface area contributed by atoms with E-state index in [9.17, 15) is 9.59 Å². The molecule has 4 saturated carbocycles. The molecular formula is C16H24N2O3. The highest BCUT2D eigenvalue weighted by molar-refractivity contribution is 5.98. The molecule has 1 saturated heterocycles. The maximum Gasteiger partial charge on any atom is 0.255 e. The van der Waals surface area contributed by atoms with E-state index in [1.807, 2.05) is 0 Å². The van der Waals surface area contributed by atoms with Crippen molar-refractivity contribution in [1.82, 2.24) is 4.90 Å². The van der Waals surface area contributed by atoms with Crippen LogP contribution in [0.15, 0.2) is 0 Å². The molecule has 1 aliphatic heterocycles. The lowest BCUT2D eigenvalue weighted by Gasteiger charge is -2.59. The quantitative estimate of drug-likeness (QED) is 0.785. The van der Waals surface area contributed by atoms with Crippen LogP contribution >= 0.6 is 0 Å². The van der Waals surface area contributed by atoms with E-state index < -0.39 is 0 Å². The molecule has 21 heavy (non-hydrogen) atoms. The topological polar surface area (TPSA) is 72.6 Å². The van der Waals surface area contributed by atoms with E-state index in [-0.39, 0.29) is 36.5 Å². The summed E-state index contributed by atoms with van der Waals surface area (Å²) in [6, 6.07) is -0.0723. The third kappa shape index (κ3) is 2.21. The van der Waals surface area contributed by atoms with E-state index >= 15 is 0 Å². The van der Waals surface area contributed by atoms with E-state index in [0.29, 0.717) is 6.54 Å². The van der Waals surface area contributed by atoms with Gasteiger partial charge in [-0.15, -0.1) is 0 Å². The second-order valence-corrected chi connectivity index (χ2v) is 7.78. The number of hydrogen-bond donors (Lipinski definition) is 1. The zero-order valence-corrected chi connectivity index (χ0v) is 12.4. The van der Waals surface area contributed by atoms with Gasteiger partial charge in [-0.2, -0.15) is 0 Å². The van der Waals surface area contributed by atoms with Crippen molar-refractivity contribution >= 4 is 11.8 Å². The molecule has 5 rings (SSSR count). The summed E-state index contributed by atoms with van der Waals surface area (Å²) < 4.78 is 4.97. The molecule has 0 aromatic heterocycles. The zero-order valence-electron chi connectivity index (χ0n) is 12.4. The van der Waals surface area contributed by atoms with E-state index in [1.165, 1.54) is 43.4 Å². The van der Waals surface area contributed by atoms with E-state index in [2.05, 4.69) is 0 Å². The lowest BCUT2D eigenvalue weighted by molar-refractivity contribution is -0.160. The van der Waals surface area contributed by atoms with Gasteiger partial charge >= 0.3 is 0 Å². The Morgan fingerprint density at radius 1 is 1.05 bits per heavy atom. The largest absolute Gasteiger partial charge is 0.362 e. The van der Waals surface area contributed by atoms with Gasteiger partial charge in [-0.1, -0.05) is 0 Å². The Balaban J connectivity index is 1.50. The highest BCUT2D eigenvalue weighted by Gasteiger charge is 2.53. The molecule has 2 N–H and O–H groups in total. The van der Waals surface area contributed by atoms with Gasteiger partial charge in [-0.05, 0) is 61.7 Å².